The molecule has 2 aromatic rings. The molecule has 0 spiro atoms. The smallest absolute Gasteiger partial charge is 0.200 e. The van der Waals surface area contributed by atoms with Crippen LogP contribution in [0.2, 0.25) is 16.6 Å². The lowest BCUT2D eigenvalue weighted by atomic mass is 9.81. The molecule has 0 fully saturated rings. The van der Waals surface area contributed by atoms with Crippen LogP contribution in [0, 0.1) is 0 Å². The van der Waals surface area contributed by atoms with Gasteiger partial charge in [-0.25, -0.2) is 0 Å². The third-order valence-electron chi connectivity index (χ3n) is 6.18. The number of aliphatic hydroxyl groups is 1. The van der Waals surface area contributed by atoms with Crippen molar-refractivity contribution in [1.82, 2.24) is 0 Å². The lowest BCUT2D eigenvalue weighted by Crippen LogP contribution is -2.54. The molecule has 3 N–H and O–H groups in total. The van der Waals surface area contributed by atoms with Crippen LogP contribution < -0.4 is 5.73 Å². The van der Waals surface area contributed by atoms with Crippen molar-refractivity contribution in [2.24, 2.45) is 5.73 Å². The van der Waals surface area contributed by atoms with Crippen molar-refractivity contribution in [3.63, 3.8) is 0 Å². The van der Waals surface area contributed by atoms with E-state index in [1.807, 2.05) is 60.7 Å². The highest BCUT2D eigenvalue weighted by Gasteiger charge is 2.47. The van der Waals surface area contributed by atoms with Gasteiger partial charge in [0.15, 0.2) is 8.32 Å². The van der Waals surface area contributed by atoms with Crippen molar-refractivity contribution in [2.45, 2.75) is 69.8 Å². The molecular weight excluding hydrogens is 362 g/mol. The van der Waals surface area contributed by atoms with Crippen LogP contribution in [0.1, 0.15) is 52.7 Å². The molecule has 1 atom stereocenters. The number of hydrogen-bond acceptors (Lipinski definition) is 3. The van der Waals surface area contributed by atoms with Gasteiger partial charge in [0.05, 0.1) is 12.6 Å². The van der Waals surface area contributed by atoms with Gasteiger partial charge < -0.3 is 15.3 Å². The maximum Gasteiger partial charge on any atom is 0.200 e. The summed E-state index contributed by atoms with van der Waals surface area (Å²) in [5.41, 5.74) is 8.38. The highest BCUT2D eigenvalue weighted by Crippen LogP contribution is 2.43. The zero-order valence-electron chi connectivity index (χ0n) is 18.2. The number of hydrogen-bond donors (Lipinski definition) is 2. The van der Waals surface area contributed by atoms with E-state index in [0.717, 1.165) is 11.1 Å². The highest BCUT2D eigenvalue weighted by atomic mass is 28.4. The predicted molar refractivity (Wildman–Crippen MR) is 121 cm³/mol. The second-order valence-electron chi connectivity index (χ2n) is 8.73. The fourth-order valence-electron chi connectivity index (χ4n) is 4.83. The molecule has 2 rings (SSSR count). The van der Waals surface area contributed by atoms with Gasteiger partial charge in [-0.2, -0.15) is 0 Å². The van der Waals surface area contributed by atoms with Crippen molar-refractivity contribution in [3.05, 3.63) is 71.8 Å². The number of rotatable bonds is 9. The zero-order valence-corrected chi connectivity index (χ0v) is 19.2. The normalized spacial score (nSPS) is 14.1. The Bertz CT molecular complexity index is 655. The first kappa shape index (κ1) is 22.8. The molecule has 28 heavy (non-hydrogen) atoms. The molecule has 0 aromatic heterocycles. The second kappa shape index (κ2) is 9.36. The molecule has 0 aliphatic heterocycles. The summed E-state index contributed by atoms with van der Waals surface area (Å²) in [6.07, 6.45) is 0. The Labute approximate surface area is 172 Å². The number of benzene rings is 2. The Morgan fingerprint density at radius 2 is 1.14 bits per heavy atom. The van der Waals surface area contributed by atoms with E-state index in [1.54, 1.807) is 0 Å². The van der Waals surface area contributed by atoms with E-state index in [2.05, 4.69) is 41.5 Å². The first-order valence-electron chi connectivity index (χ1n) is 10.4. The SMILES string of the molecule is CC(C)[Si](OC[C@H](N)C(O)(c1ccccc1)c1ccccc1)(C(C)C)C(C)C. The largest absolute Gasteiger partial charge is 0.414 e. The Hall–Kier alpha value is -1.46. The highest BCUT2D eigenvalue weighted by molar-refractivity contribution is 6.77. The van der Waals surface area contributed by atoms with Crippen LogP contribution in [-0.2, 0) is 10.0 Å². The van der Waals surface area contributed by atoms with Gasteiger partial charge in [-0.05, 0) is 27.8 Å². The van der Waals surface area contributed by atoms with Gasteiger partial charge in [0, 0.05) is 0 Å². The van der Waals surface area contributed by atoms with Crippen molar-refractivity contribution in [2.75, 3.05) is 6.61 Å². The average Bonchev–Trinajstić information content (AvgIpc) is 2.68. The number of nitrogens with two attached hydrogens (primary N) is 1. The molecular formula is C24H37NO2Si. The lowest BCUT2D eigenvalue weighted by molar-refractivity contribution is 0.0305. The Kier molecular flexibility index (Phi) is 7.63. The summed E-state index contributed by atoms with van der Waals surface area (Å²) in [4.78, 5) is 0. The van der Waals surface area contributed by atoms with E-state index in [1.165, 1.54) is 0 Å². The van der Waals surface area contributed by atoms with E-state index < -0.39 is 20.0 Å². The standard InChI is InChI=1S/C24H37NO2Si/c1-18(2)28(19(3)4,20(5)6)27-17-23(25)24(26,21-13-9-7-10-14-21)22-15-11-8-12-16-22/h7-16,18-20,23,26H,17,25H2,1-6H3/t23-/m0/s1. The van der Waals surface area contributed by atoms with Gasteiger partial charge in [-0.15, -0.1) is 0 Å². The Balaban J connectivity index is 2.40. The third-order valence-corrected chi connectivity index (χ3v) is 12.3. The van der Waals surface area contributed by atoms with Gasteiger partial charge >= 0.3 is 0 Å². The van der Waals surface area contributed by atoms with E-state index in [0.29, 0.717) is 23.2 Å². The summed E-state index contributed by atoms with van der Waals surface area (Å²) in [7, 11) is -2.06. The lowest BCUT2D eigenvalue weighted by Gasteiger charge is -2.44. The summed E-state index contributed by atoms with van der Waals surface area (Å²) in [5, 5.41) is 11.8. The van der Waals surface area contributed by atoms with Crippen molar-refractivity contribution in [3.8, 4) is 0 Å². The molecule has 0 aliphatic carbocycles. The average molecular weight is 400 g/mol. The van der Waals surface area contributed by atoms with Gasteiger partial charge in [0.25, 0.3) is 0 Å². The van der Waals surface area contributed by atoms with E-state index in [4.69, 9.17) is 10.2 Å². The van der Waals surface area contributed by atoms with Crippen LogP contribution in [-0.4, -0.2) is 26.1 Å². The molecule has 0 radical (unpaired) electrons. The first-order valence-corrected chi connectivity index (χ1v) is 12.5. The summed E-state index contributed by atoms with van der Waals surface area (Å²) < 4.78 is 6.72. The van der Waals surface area contributed by atoms with E-state index in [-0.39, 0.29) is 0 Å². The van der Waals surface area contributed by atoms with Crippen molar-refractivity contribution in [1.29, 1.82) is 0 Å². The molecule has 3 nitrogen and oxygen atoms in total. The van der Waals surface area contributed by atoms with Gasteiger partial charge in [0.1, 0.15) is 5.60 Å². The molecule has 0 amide bonds. The molecule has 0 unspecified atom stereocenters. The fraction of sp³-hybridized carbons (Fsp3) is 0.500. The molecule has 154 valence electrons. The van der Waals surface area contributed by atoms with Crippen LogP contribution in [0.25, 0.3) is 0 Å². The Morgan fingerprint density at radius 3 is 1.46 bits per heavy atom. The van der Waals surface area contributed by atoms with E-state index in [9.17, 15) is 5.11 Å². The van der Waals surface area contributed by atoms with Crippen molar-refractivity contribution < 1.29 is 9.53 Å². The minimum Gasteiger partial charge on any atom is -0.414 e. The first-order chi connectivity index (χ1) is 13.2. The molecule has 2 aromatic carbocycles. The quantitative estimate of drug-likeness (QED) is 0.552. The molecule has 0 aliphatic rings. The molecule has 0 heterocycles. The molecule has 0 saturated heterocycles. The monoisotopic (exact) mass is 399 g/mol. The summed E-state index contributed by atoms with van der Waals surface area (Å²) in [6, 6.07) is 18.8. The van der Waals surface area contributed by atoms with Crippen LogP contribution in [0.5, 0.6) is 0 Å². The van der Waals surface area contributed by atoms with Crippen molar-refractivity contribution >= 4 is 8.32 Å². The van der Waals surface area contributed by atoms with Crippen LogP contribution in [0.15, 0.2) is 60.7 Å². The molecule has 0 saturated carbocycles. The summed E-state index contributed by atoms with van der Waals surface area (Å²) >= 11 is 0. The molecule has 0 bridgehead atoms. The predicted octanol–water partition coefficient (Wildman–Crippen LogP) is 5.44. The van der Waals surface area contributed by atoms with Crippen LogP contribution in [0.4, 0.5) is 0 Å². The van der Waals surface area contributed by atoms with Gasteiger partial charge in [0.2, 0.25) is 0 Å². The van der Waals surface area contributed by atoms with Gasteiger partial charge in [-0.3, -0.25) is 0 Å². The zero-order chi connectivity index (χ0) is 20.9. The summed E-state index contributed by atoms with van der Waals surface area (Å²) in [5.74, 6) is 0. The summed E-state index contributed by atoms with van der Waals surface area (Å²) in [6.45, 7) is 13.9. The third kappa shape index (κ3) is 4.25. The topological polar surface area (TPSA) is 55.5 Å². The maximum absolute atomic E-state index is 11.8. The fourth-order valence-corrected chi connectivity index (χ4v) is 10.3. The maximum atomic E-state index is 11.8. The second-order valence-corrected chi connectivity index (χ2v) is 14.2. The van der Waals surface area contributed by atoms with Crippen LogP contribution in [0.3, 0.4) is 0 Å². The minimum absolute atomic E-state index is 0.334. The van der Waals surface area contributed by atoms with E-state index >= 15 is 0 Å². The van der Waals surface area contributed by atoms with Crippen LogP contribution >= 0.6 is 0 Å². The minimum atomic E-state index is -2.06. The Morgan fingerprint density at radius 1 is 0.786 bits per heavy atom. The molecule has 4 heteroatoms. The van der Waals surface area contributed by atoms with Gasteiger partial charge in [-0.1, -0.05) is 102 Å².